The molecule has 0 aromatic heterocycles. The Morgan fingerprint density at radius 1 is 1.12 bits per heavy atom. The average molecular weight is 463 g/mol. The van der Waals surface area contributed by atoms with Crippen LogP contribution >= 0.6 is 12.4 Å². The van der Waals surface area contributed by atoms with E-state index in [1.807, 2.05) is 54.6 Å². The molecule has 2 unspecified atom stereocenters. The van der Waals surface area contributed by atoms with Crippen molar-refractivity contribution >= 4 is 40.7 Å². The summed E-state index contributed by atoms with van der Waals surface area (Å²) in [7, 11) is 1.72. The number of nitriles is 1. The van der Waals surface area contributed by atoms with Crippen LogP contribution in [0.2, 0.25) is 0 Å². The number of halogens is 1. The van der Waals surface area contributed by atoms with Gasteiger partial charge in [-0.2, -0.15) is 5.26 Å². The van der Waals surface area contributed by atoms with Gasteiger partial charge in [-0.05, 0) is 60.8 Å². The van der Waals surface area contributed by atoms with Crippen LogP contribution in [0.3, 0.4) is 0 Å². The number of hydrogen-bond acceptors (Lipinski definition) is 4. The van der Waals surface area contributed by atoms with E-state index in [0.717, 1.165) is 27.6 Å². The fourth-order valence-electron chi connectivity index (χ4n) is 4.21. The molecule has 4 rings (SSSR count). The summed E-state index contributed by atoms with van der Waals surface area (Å²) < 4.78 is 0. The fraction of sp³-hybridized carbons (Fsp3) is 0.269. The van der Waals surface area contributed by atoms with Gasteiger partial charge >= 0.3 is 0 Å². The van der Waals surface area contributed by atoms with Crippen LogP contribution in [0.5, 0.6) is 0 Å². The van der Waals surface area contributed by atoms with Crippen molar-refractivity contribution < 1.29 is 9.59 Å². The number of fused-ring (bicyclic) bond motifs is 2. The molecule has 0 saturated carbocycles. The van der Waals surface area contributed by atoms with E-state index in [-0.39, 0.29) is 30.3 Å². The van der Waals surface area contributed by atoms with E-state index in [2.05, 4.69) is 16.7 Å². The molecule has 2 N–H and O–H groups in total. The van der Waals surface area contributed by atoms with Gasteiger partial charge in [0.25, 0.3) is 0 Å². The average Bonchev–Trinajstić information content (AvgIpc) is 2.96. The van der Waals surface area contributed by atoms with Crippen LogP contribution in [0.1, 0.15) is 30.0 Å². The summed E-state index contributed by atoms with van der Waals surface area (Å²) in [5.41, 5.74) is 3.51. The predicted octanol–water partition coefficient (Wildman–Crippen LogP) is 3.71. The minimum atomic E-state index is -0.602. The van der Waals surface area contributed by atoms with Gasteiger partial charge in [0.1, 0.15) is 6.04 Å². The summed E-state index contributed by atoms with van der Waals surface area (Å²) in [6.07, 6.45) is 1.24. The maximum Gasteiger partial charge on any atom is 0.249 e. The number of anilines is 1. The van der Waals surface area contributed by atoms with Gasteiger partial charge in [-0.1, -0.05) is 48.5 Å². The van der Waals surface area contributed by atoms with E-state index in [0.29, 0.717) is 24.9 Å². The summed E-state index contributed by atoms with van der Waals surface area (Å²) in [6, 6.07) is 20.6. The second kappa shape index (κ2) is 10.5. The van der Waals surface area contributed by atoms with E-state index in [9.17, 15) is 14.9 Å². The first-order chi connectivity index (χ1) is 15.5. The third-order valence-electron chi connectivity index (χ3n) is 6.15. The Morgan fingerprint density at radius 3 is 2.55 bits per heavy atom. The number of carbonyl (C=O) groups excluding carboxylic acids is 2. The standard InChI is InChI=1S/C26H26N4O2.ClH/c1-17(28-2)25(31)29-23-14-13-18-7-3-6-10-24(18)30(26(23)32)16-20-12-11-19(15-27)21-8-4-5-9-22(20)21;/h3-12,17,23,28H,13-14,16H2,1-2H3,(H,29,31);1H. The molecular formula is C26H27ClN4O2. The van der Waals surface area contributed by atoms with Crippen molar-refractivity contribution in [2.24, 2.45) is 0 Å². The zero-order chi connectivity index (χ0) is 22.7. The second-order valence-corrected chi connectivity index (χ2v) is 8.09. The maximum atomic E-state index is 13.7. The lowest BCUT2D eigenvalue weighted by atomic mass is 9.99. The Kier molecular flexibility index (Phi) is 7.70. The Balaban J connectivity index is 0.00000306. The summed E-state index contributed by atoms with van der Waals surface area (Å²) >= 11 is 0. The number of rotatable bonds is 5. The monoisotopic (exact) mass is 462 g/mol. The summed E-state index contributed by atoms with van der Waals surface area (Å²) in [5.74, 6) is -0.319. The van der Waals surface area contributed by atoms with Crippen molar-refractivity contribution in [2.45, 2.75) is 38.4 Å². The number of benzene rings is 3. The quantitative estimate of drug-likeness (QED) is 0.605. The normalized spacial score (nSPS) is 16.2. The van der Waals surface area contributed by atoms with Gasteiger partial charge in [0.15, 0.2) is 0 Å². The van der Waals surface area contributed by atoms with Gasteiger partial charge in [-0.15, -0.1) is 12.4 Å². The van der Waals surface area contributed by atoms with Crippen molar-refractivity contribution in [2.75, 3.05) is 11.9 Å². The first kappa shape index (κ1) is 24.2. The molecule has 1 heterocycles. The number of hydrogen-bond donors (Lipinski definition) is 2. The number of para-hydroxylation sites is 1. The largest absolute Gasteiger partial charge is 0.343 e. The summed E-state index contributed by atoms with van der Waals surface area (Å²) in [6.45, 7) is 2.13. The molecule has 0 bridgehead atoms. The van der Waals surface area contributed by atoms with Gasteiger partial charge in [0.05, 0.1) is 24.2 Å². The molecule has 1 aliphatic heterocycles. The van der Waals surface area contributed by atoms with E-state index in [4.69, 9.17) is 0 Å². The van der Waals surface area contributed by atoms with Crippen LogP contribution in [0.4, 0.5) is 5.69 Å². The highest BCUT2D eigenvalue weighted by atomic mass is 35.5. The van der Waals surface area contributed by atoms with Gasteiger partial charge in [-0.25, -0.2) is 0 Å². The molecule has 33 heavy (non-hydrogen) atoms. The number of carbonyl (C=O) groups is 2. The third kappa shape index (κ3) is 4.85. The third-order valence-corrected chi connectivity index (χ3v) is 6.15. The molecule has 2 atom stereocenters. The second-order valence-electron chi connectivity index (χ2n) is 8.09. The molecule has 0 aliphatic carbocycles. The molecule has 6 nitrogen and oxygen atoms in total. The molecule has 7 heteroatoms. The molecule has 0 spiro atoms. The van der Waals surface area contributed by atoms with Gasteiger partial charge in [-0.3, -0.25) is 9.59 Å². The number of amides is 2. The highest BCUT2D eigenvalue weighted by Gasteiger charge is 2.32. The van der Waals surface area contributed by atoms with Gasteiger partial charge < -0.3 is 15.5 Å². The van der Waals surface area contributed by atoms with Crippen molar-refractivity contribution in [1.29, 1.82) is 5.26 Å². The van der Waals surface area contributed by atoms with Crippen molar-refractivity contribution in [3.63, 3.8) is 0 Å². The molecule has 0 saturated heterocycles. The minimum Gasteiger partial charge on any atom is -0.343 e. The highest BCUT2D eigenvalue weighted by Crippen LogP contribution is 2.31. The van der Waals surface area contributed by atoms with Gasteiger partial charge in [0.2, 0.25) is 11.8 Å². The van der Waals surface area contributed by atoms with E-state index in [1.54, 1.807) is 24.9 Å². The van der Waals surface area contributed by atoms with E-state index >= 15 is 0 Å². The molecule has 0 fully saturated rings. The molecule has 3 aromatic rings. The lowest BCUT2D eigenvalue weighted by Crippen LogP contribution is -2.52. The number of likely N-dealkylation sites (N-methyl/N-ethyl adjacent to an activating group) is 1. The molecule has 0 radical (unpaired) electrons. The zero-order valence-corrected chi connectivity index (χ0v) is 19.5. The smallest absolute Gasteiger partial charge is 0.249 e. The number of nitrogens with one attached hydrogen (secondary N) is 2. The molecule has 3 aromatic carbocycles. The van der Waals surface area contributed by atoms with Crippen LogP contribution in [0.25, 0.3) is 10.8 Å². The maximum absolute atomic E-state index is 13.7. The lowest BCUT2D eigenvalue weighted by Gasteiger charge is -2.27. The number of nitrogens with zero attached hydrogens (tertiary/aromatic N) is 2. The Bertz CT molecular complexity index is 1220. The Morgan fingerprint density at radius 2 is 1.82 bits per heavy atom. The summed E-state index contributed by atoms with van der Waals surface area (Å²) in [4.78, 5) is 27.9. The Labute approximate surface area is 200 Å². The first-order valence-corrected chi connectivity index (χ1v) is 10.8. The van der Waals surface area contributed by atoms with Crippen LogP contribution in [-0.4, -0.2) is 30.9 Å². The number of aryl methyl sites for hydroxylation is 1. The van der Waals surface area contributed by atoms with Crippen LogP contribution in [0, 0.1) is 11.3 Å². The SMILES string of the molecule is CNC(C)C(=O)NC1CCc2ccccc2N(Cc2ccc(C#N)c3ccccc23)C1=O.Cl. The first-order valence-electron chi connectivity index (χ1n) is 10.8. The van der Waals surface area contributed by atoms with Crippen LogP contribution < -0.4 is 15.5 Å². The van der Waals surface area contributed by atoms with Gasteiger partial charge in [0, 0.05) is 5.69 Å². The van der Waals surface area contributed by atoms with Crippen molar-refractivity contribution in [3.05, 3.63) is 77.4 Å². The van der Waals surface area contributed by atoms with Crippen molar-refractivity contribution in [3.8, 4) is 6.07 Å². The predicted molar refractivity (Wildman–Crippen MR) is 132 cm³/mol. The fourth-order valence-corrected chi connectivity index (χ4v) is 4.21. The van der Waals surface area contributed by atoms with Crippen molar-refractivity contribution in [1.82, 2.24) is 10.6 Å². The van der Waals surface area contributed by atoms with E-state index in [1.165, 1.54) is 0 Å². The molecular weight excluding hydrogens is 436 g/mol. The van der Waals surface area contributed by atoms with Crippen LogP contribution in [0.15, 0.2) is 60.7 Å². The molecule has 170 valence electrons. The molecule has 2 amide bonds. The Hall–Kier alpha value is -3.40. The van der Waals surface area contributed by atoms with E-state index < -0.39 is 6.04 Å². The topological polar surface area (TPSA) is 85.2 Å². The minimum absolute atomic E-state index is 0. The lowest BCUT2D eigenvalue weighted by molar-refractivity contribution is -0.128. The summed E-state index contributed by atoms with van der Waals surface area (Å²) in [5, 5.41) is 17.2. The highest BCUT2D eigenvalue weighted by molar-refractivity contribution is 6.01. The zero-order valence-electron chi connectivity index (χ0n) is 18.7. The molecule has 1 aliphatic rings. The van der Waals surface area contributed by atoms with Crippen LogP contribution in [-0.2, 0) is 22.6 Å².